The number of hydrogen-bond donors (Lipinski definition) is 1. The molecule has 1 N–H and O–H groups in total. The summed E-state index contributed by atoms with van der Waals surface area (Å²) in [5, 5.41) is 10.4. The first kappa shape index (κ1) is 11.5. The van der Waals surface area contributed by atoms with E-state index >= 15 is 0 Å². The summed E-state index contributed by atoms with van der Waals surface area (Å²) in [7, 11) is 5.44. The summed E-state index contributed by atoms with van der Waals surface area (Å²) < 4.78 is 0.221. The lowest BCUT2D eigenvalue weighted by atomic mass is 10.2. The zero-order chi connectivity index (χ0) is 11.6. The Labute approximate surface area is 89.9 Å². The van der Waals surface area contributed by atoms with Crippen molar-refractivity contribution in [3.63, 3.8) is 0 Å². The summed E-state index contributed by atoms with van der Waals surface area (Å²) in [4.78, 5) is 11.1. The molecular formula is C11H17N2O2+. The van der Waals surface area contributed by atoms with Crippen molar-refractivity contribution in [2.24, 2.45) is 0 Å². The summed E-state index contributed by atoms with van der Waals surface area (Å²) >= 11 is 0. The van der Waals surface area contributed by atoms with Crippen LogP contribution < -0.4 is 5.01 Å². The van der Waals surface area contributed by atoms with Crippen LogP contribution >= 0.6 is 0 Å². The van der Waals surface area contributed by atoms with Crippen molar-refractivity contribution < 1.29 is 14.5 Å². The van der Waals surface area contributed by atoms with Crippen LogP contribution in [0.4, 0.5) is 10.5 Å². The van der Waals surface area contributed by atoms with Gasteiger partial charge in [-0.25, -0.2) is 9.39 Å². The fraction of sp³-hybridized carbons (Fsp3) is 0.364. The second-order valence-electron chi connectivity index (χ2n) is 4.37. The fourth-order valence-corrected chi connectivity index (χ4v) is 1.40. The van der Waals surface area contributed by atoms with Gasteiger partial charge in [0, 0.05) is 0 Å². The highest BCUT2D eigenvalue weighted by atomic mass is 16.4. The molecule has 1 aromatic carbocycles. The molecular weight excluding hydrogens is 192 g/mol. The predicted molar refractivity (Wildman–Crippen MR) is 59.7 cm³/mol. The van der Waals surface area contributed by atoms with Crippen molar-refractivity contribution in [1.82, 2.24) is 0 Å². The van der Waals surface area contributed by atoms with Crippen molar-refractivity contribution in [3.05, 3.63) is 29.8 Å². The number of rotatable bonds is 2. The van der Waals surface area contributed by atoms with Gasteiger partial charge in [0.25, 0.3) is 0 Å². The molecule has 15 heavy (non-hydrogen) atoms. The molecule has 4 nitrogen and oxygen atoms in total. The summed E-state index contributed by atoms with van der Waals surface area (Å²) in [6.07, 6.45) is -0.952. The number of quaternary nitrogens is 1. The van der Waals surface area contributed by atoms with E-state index in [0.29, 0.717) is 5.69 Å². The molecule has 0 aromatic heterocycles. The fourth-order valence-electron chi connectivity index (χ4n) is 1.40. The number of nitrogens with zero attached hydrogens (tertiary/aromatic N) is 2. The SMILES string of the molecule is Cc1ccc(N(C(=O)O)[N+](C)(C)C)cc1. The standard InChI is InChI=1S/C11H16N2O2/c1-9-5-7-10(8-6-9)12(11(14)15)13(2,3)4/h5-8H,1-4H3/p+1. The molecule has 0 aliphatic heterocycles. The molecule has 0 aliphatic rings. The van der Waals surface area contributed by atoms with Crippen molar-refractivity contribution >= 4 is 11.8 Å². The van der Waals surface area contributed by atoms with Gasteiger partial charge in [-0.2, -0.15) is 0 Å². The van der Waals surface area contributed by atoms with Gasteiger partial charge in [-0.15, -0.1) is 5.01 Å². The van der Waals surface area contributed by atoms with E-state index in [2.05, 4.69) is 0 Å². The first-order valence-corrected chi connectivity index (χ1v) is 4.74. The molecule has 0 saturated heterocycles. The molecule has 0 aliphatic carbocycles. The highest BCUT2D eigenvalue weighted by Crippen LogP contribution is 2.19. The van der Waals surface area contributed by atoms with E-state index in [9.17, 15) is 4.79 Å². The number of hydrogen-bond acceptors (Lipinski definition) is 1. The molecule has 1 rings (SSSR count). The first-order valence-electron chi connectivity index (χ1n) is 4.74. The zero-order valence-corrected chi connectivity index (χ0v) is 9.56. The van der Waals surface area contributed by atoms with Crippen LogP contribution in [0.1, 0.15) is 5.56 Å². The molecule has 1 aromatic rings. The minimum absolute atomic E-state index is 0.221. The van der Waals surface area contributed by atoms with Crippen LogP contribution in [0.2, 0.25) is 0 Å². The number of carboxylic acid groups (broad SMARTS) is 1. The summed E-state index contributed by atoms with van der Waals surface area (Å²) in [6, 6.07) is 7.43. The molecule has 0 spiro atoms. The maximum absolute atomic E-state index is 11.1. The topological polar surface area (TPSA) is 40.5 Å². The summed E-state index contributed by atoms with van der Waals surface area (Å²) in [5.41, 5.74) is 1.80. The number of carbonyl (C=O) groups is 1. The lowest BCUT2D eigenvalue weighted by Crippen LogP contribution is -2.54. The number of aryl methyl sites for hydroxylation is 1. The van der Waals surface area contributed by atoms with Gasteiger partial charge >= 0.3 is 6.09 Å². The Morgan fingerprint density at radius 2 is 1.67 bits per heavy atom. The highest BCUT2D eigenvalue weighted by Gasteiger charge is 2.28. The average Bonchev–Trinajstić information content (AvgIpc) is 2.05. The second-order valence-corrected chi connectivity index (χ2v) is 4.37. The normalized spacial score (nSPS) is 11.2. The van der Waals surface area contributed by atoms with Crippen molar-refractivity contribution in [3.8, 4) is 0 Å². The Hall–Kier alpha value is -1.55. The first-order chi connectivity index (χ1) is 6.82. The van der Waals surface area contributed by atoms with Crippen LogP contribution in [0.5, 0.6) is 0 Å². The maximum atomic E-state index is 11.1. The average molecular weight is 209 g/mol. The second kappa shape index (κ2) is 3.90. The molecule has 0 fully saturated rings. The van der Waals surface area contributed by atoms with Gasteiger partial charge in [-0.05, 0) is 19.1 Å². The molecule has 0 heterocycles. The van der Waals surface area contributed by atoms with Crippen LogP contribution in [0.15, 0.2) is 24.3 Å². The third-order valence-electron chi connectivity index (χ3n) is 2.06. The van der Waals surface area contributed by atoms with Gasteiger partial charge in [0.1, 0.15) is 5.69 Å². The third kappa shape index (κ3) is 2.70. The van der Waals surface area contributed by atoms with E-state index in [4.69, 9.17) is 5.11 Å². The van der Waals surface area contributed by atoms with Crippen LogP contribution in [-0.2, 0) is 0 Å². The van der Waals surface area contributed by atoms with Crippen molar-refractivity contribution in [2.45, 2.75) is 6.92 Å². The molecule has 0 bridgehead atoms. The molecule has 0 atom stereocenters. The lowest BCUT2D eigenvalue weighted by molar-refractivity contribution is -0.872. The van der Waals surface area contributed by atoms with E-state index < -0.39 is 6.09 Å². The van der Waals surface area contributed by atoms with Crippen LogP contribution in [0.3, 0.4) is 0 Å². The monoisotopic (exact) mass is 209 g/mol. The third-order valence-corrected chi connectivity index (χ3v) is 2.06. The quantitative estimate of drug-likeness (QED) is 0.598. The van der Waals surface area contributed by atoms with Crippen LogP contribution in [-0.4, -0.2) is 36.9 Å². The number of benzene rings is 1. The van der Waals surface area contributed by atoms with Gasteiger partial charge in [-0.3, -0.25) is 0 Å². The van der Waals surface area contributed by atoms with Gasteiger partial charge in [0.05, 0.1) is 21.1 Å². The van der Waals surface area contributed by atoms with Gasteiger partial charge < -0.3 is 5.11 Å². The zero-order valence-electron chi connectivity index (χ0n) is 9.56. The molecule has 0 radical (unpaired) electrons. The van der Waals surface area contributed by atoms with Crippen LogP contribution in [0, 0.1) is 6.92 Å². The Bertz CT molecular complexity index is 352. The van der Waals surface area contributed by atoms with Gasteiger partial charge in [-0.1, -0.05) is 17.7 Å². The highest BCUT2D eigenvalue weighted by molar-refractivity contribution is 5.83. The number of anilines is 1. The van der Waals surface area contributed by atoms with Crippen molar-refractivity contribution in [1.29, 1.82) is 0 Å². The van der Waals surface area contributed by atoms with Gasteiger partial charge in [0.2, 0.25) is 0 Å². The van der Waals surface area contributed by atoms with E-state index in [0.717, 1.165) is 5.56 Å². The maximum Gasteiger partial charge on any atom is 0.456 e. The van der Waals surface area contributed by atoms with Crippen LogP contribution in [0.25, 0.3) is 0 Å². The predicted octanol–water partition coefficient (Wildman–Crippen LogP) is 2.10. The molecule has 0 unspecified atom stereocenters. The Morgan fingerprint density at radius 3 is 2.00 bits per heavy atom. The molecule has 0 saturated carbocycles. The Balaban J connectivity index is 3.11. The van der Waals surface area contributed by atoms with Crippen molar-refractivity contribution in [2.75, 3.05) is 26.2 Å². The van der Waals surface area contributed by atoms with E-state index in [-0.39, 0.29) is 4.59 Å². The smallest absolute Gasteiger partial charge is 0.456 e. The minimum atomic E-state index is -0.952. The van der Waals surface area contributed by atoms with E-state index in [1.165, 1.54) is 5.01 Å². The largest absolute Gasteiger partial charge is 0.461 e. The number of amides is 1. The van der Waals surface area contributed by atoms with E-state index in [1.54, 1.807) is 0 Å². The Morgan fingerprint density at radius 1 is 1.20 bits per heavy atom. The molecule has 4 heteroatoms. The Kier molecular flexibility index (Phi) is 3.00. The summed E-state index contributed by atoms with van der Waals surface area (Å²) in [6.45, 7) is 1.97. The minimum Gasteiger partial charge on any atom is -0.461 e. The summed E-state index contributed by atoms with van der Waals surface area (Å²) in [5.74, 6) is 0. The molecule has 1 amide bonds. The van der Waals surface area contributed by atoms with E-state index in [1.807, 2.05) is 52.3 Å². The lowest BCUT2D eigenvalue weighted by Gasteiger charge is -2.33. The van der Waals surface area contributed by atoms with Gasteiger partial charge in [0.15, 0.2) is 0 Å². The molecule has 82 valence electrons.